The number of hydrogen-bond acceptors (Lipinski definition) is 4. The number of anilines is 2. The number of halogens is 1. The minimum Gasteiger partial charge on any atom is -0.273 e. The van der Waals surface area contributed by atoms with Gasteiger partial charge in [-0.2, -0.15) is 0 Å². The molecular formula is C25H21ClN2O3. The molecule has 0 aromatic heterocycles. The highest BCUT2D eigenvalue weighted by Gasteiger charge is 2.60. The van der Waals surface area contributed by atoms with Gasteiger partial charge in [-0.3, -0.25) is 14.4 Å². The summed E-state index contributed by atoms with van der Waals surface area (Å²) in [5.41, 5.74) is 4.22. The Bertz CT molecular complexity index is 1160. The normalized spacial score (nSPS) is 22.9. The molecule has 2 saturated heterocycles. The molecule has 31 heavy (non-hydrogen) atoms. The van der Waals surface area contributed by atoms with Crippen LogP contribution in [0.4, 0.5) is 11.4 Å². The zero-order chi connectivity index (χ0) is 21.7. The van der Waals surface area contributed by atoms with Crippen molar-refractivity contribution in [3.63, 3.8) is 0 Å². The van der Waals surface area contributed by atoms with Crippen LogP contribution in [0.3, 0.4) is 0 Å². The molecule has 3 aromatic rings. The number of benzene rings is 3. The summed E-state index contributed by atoms with van der Waals surface area (Å²) >= 11 is 6.09. The van der Waals surface area contributed by atoms with Crippen LogP contribution in [0.1, 0.15) is 22.7 Å². The molecule has 3 aromatic carbocycles. The Balaban J connectivity index is 1.59. The molecule has 0 N–H and O–H groups in total. The van der Waals surface area contributed by atoms with Crippen LogP contribution >= 0.6 is 11.6 Å². The Kier molecular flexibility index (Phi) is 4.80. The molecule has 0 spiro atoms. The first-order valence-electron chi connectivity index (χ1n) is 10.2. The van der Waals surface area contributed by atoms with E-state index in [0.717, 1.165) is 22.4 Å². The van der Waals surface area contributed by atoms with Crippen molar-refractivity contribution in [2.24, 2.45) is 5.92 Å². The van der Waals surface area contributed by atoms with E-state index in [4.69, 9.17) is 16.4 Å². The smallest absolute Gasteiger partial charge is 0.266 e. The van der Waals surface area contributed by atoms with Crippen LogP contribution in [0.25, 0.3) is 0 Å². The van der Waals surface area contributed by atoms with Gasteiger partial charge in [-0.05, 0) is 55.3 Å². The Labute approximate surface area is 185 Å². The number of para-hydroxylation sites is 1. The van der Waals surface area contributed by atoms with Crippen LogP contribution < -0.4 is 9.96 Å². The van der Waals surface area contributed by atoms with Crippen molar-refractivity contribution in [3.8, 4) is 0 Å². The van der Waals surface area contributed by atoms with Gasteiger partial charge in [0.1, 0.15) is 5.92 Å². The van der Waals surface area contributed by atoms with E-state index in [9.17, 15) is 9.59 Å². The maximum Gasteiger partial charge on any atom is 0.266 e. The monoisotopic (exact) mass is 432 g/mol. The van der Waals surface area contributed by atoms with Gasteiger partial charge >= 0.3 is 0 Å². The summed E-state index contributed by atoms with van der Waals surface area (Å²) in [4.78, 5) is 34.5. The number of carbonyl (C=O) groups is 2. The Morgan fingerprint density at radius 2 is 1.58 bits per heavy atom. The maximum atomic E-state index is 13.6. The SMILES string of the molecule is Cc1ccc(N2C(=O)[C@@H]3[C@H](ON(c4ccccc4)[C@@H]3c3ccc(Cl)cc3)C2=O)c(C)c1. The first-order chi connectivity index (χ1) is 15.0. The topological polar surface area (TPSA) is 49.9 Å². The van der Waals surface area contributed by atoms with Crippen LogP contribution in [0.15, 0.2) is 72.8 Å². The van der Waals surface area contributed by atoms with Gasteiger partial charge in [0.15, 0.2) is 6.10 Å². The summed E-state index contributed by atoms with van der Waals surface area (Å²) in [7, 11) is 0. The molecule has 0 bridgehead atoms. The van der Waals surface area contributed by atoms with Crippen LogP contribution in [0.2, 0.25) is 5.02 Å². The van der Waals surface area contributed by atoms with E-state index in [2.05, 4.69) is 0 Å². The third-order valence-corrected chi connectivity index (χ3v) is 6.18. The summed E-state index contributed by atoms with van der Waals surface area (Å²) in [6, 6.07) is 22.1. The van der Waals surface area contributed by atoms with E-state index in [-0.39, 0.29) is 11.8 Å². The number of aryl methyl sites for hydroxylation is 2. The second-order valence-electron chi connectivity index (χ2n) is 8.01. The third kappa shape index (κ3) is 3.21. The number of nitrogens with zero attached hydrogens (tertiary/aromatic N) is 2. The predicted molar refractivity (Wildman–Crippen MR) is 120 cm³/mol. The highest BCUT2D eigenvalue weighted by molar-refractivity contribution is 6.30. The van der Waals surface area contributed by atoms with Crippen molar-refractivity contribution in [1.82, 2.24) is 0 Å². The first kappa shape index (κ1) is 19.8. The van der Waals surface area contributed by atoms with Gasteiger partial charge < -0.3 is 0 Å². The van der Waals surface area contributed by atoms with Crippen molar-refractivity contribution in [3.05, 3.63) is 94.5 Å². The second kappa shape index (κ2) is 7.52. The molecule has 2 amide bonds. The van der Waals surface area contributed by atoms with E-state index in [1.54, 1.807) is 17.2 Å². The molecule has 2 aliphatic heterocycles. The van der Waals surface area contributed by atoms with E-state index < -0.39 is 18.1 Å². The van der Waals surface area contributed by atoms with Gasteiger partial charge in [0.05, 0.1) is 17.4 Å². The summed E-state index contributed by atoms with van der Waals surface area (Å²) < 4.78 is 0. The standard InChI is InChI=1S/C25H21ClN2O3/c1-15-8-13-20(16(2)14-15)27-24(29)21-22(17-9-11-18(26)12-10-17)28(31-23(21)25(27)30)19-6-4-3-5-7-19/h3-14,21-23H,1-2H3/t21-,22+,23-/m0/s1. The van der Waals surface area contributed by atoms with Gasteiger partial charge in [0, 0.05) is 5.02 Å². The zero-order valence-corrected chi connectivity index (χ0v) is 17.9. The van der Waals surface area contributed by atoms with Crippen molar-refractivity contribution in [2.45, 2.75) is 26.0 Å². The largest absolute Gasteiger partial charge is 0.273 e. The van der Waals surface area contributed by atoms with E-state index in [0.29, 0.717) is 10.7 Å². The van der Waals surface area contributed by atoms with Crippen LogP contribution in [0, 0.1) is 19.8 Å². The lowest BCUT2D eigenvalue weighted by molar-refractivity contribution is -0.126. The number of amides is 2. The molecule has 3 atom stereocenters. The zero-order valence-electron chi connectivity index (χ0n) is 17.2. The molecule has 0 radical (unpaired) electrons. The highest BCUT2D eigenvalue weighted by atomic mass is 35.5. The fourth-order valence-electron chi connectivity index (χ4n) is 4.51. The molecule has 6 heteroatoms. The maximum absolute atomic E-state index is 13.6. The summed E-state index contributed by atoms with van der Waals surface area (Å²) in [6.45, 7) is 3.89. The van der Waals surface area contributed by atoms with E-state index in [1.165, 1.54) is 4.90 Å². The summed E-state index contributed by atoms with van der Waals surface area (Å²) in [6.07, 6.45) is -0.880. The number of rotatable bonds is 3. The number of imide groups is 1. The van der Waals surface area contributed by atoms with Gasteiger partial charge in [-0.1, -0.05) is 59.6 Å². The second-order valence-corrected chi connectivity index (χ2v) is 8.45. The number of fused-ring (bicyclic) bond motifs is 1. The predicted octanol–water partition coefficient (Wildman–Crippen LogP) is 5.01. The lowest BCUT2D eigenvalue weighted by Crippen LogP contribution is -2.37. The molecule has 0 saturated carbocycles. The lowest BCUT2D eigenvalue weighted by Gasteiger charge is -2.29. The molecule has 5 nitrogen and oxygen atoms in total. The molecule has 2 fully saturated rings. The van der Waals surface area contributed by atoms with Crippen molar-refractivity contribution in [1.29, 1.82) is 0 Å². The fourth-order valence-corrected chi connectivity index (χ4v) is 4.63. The van der Waals surface area contributed by atoms with Crippen LogP contribution in [-0.4, -0.2) is 17.9 Å². The molecule has 0 unspecified atom stereocenters. The minimum absolute atomic E-state index is 0.250. The fraction of sp³-hybridized carbons (Fsp3) is 0.200. The summed E-state index contributed by atoms with van der Waals surface area (Å²) in [5.74, 6) is -1.24. The molecule has 2 aliphatic rings. The molecular weight excluding hydrogens is 412 g/mol. The quantitative estimate of drug-likeness (QED) is 0.546. The number of carbonyl (C=O) groups excluding carboxylic acids is 2. The molecule has 0 aliphatic carbocycles. The van der Waals surface area contributed by atoms with Gasteiger partial charge in [-0.25, -0.2) is 9.96 Å². The first-order valence-corrected chi connectivity index (χ1v) is 10.5. The van der Waals surface area contributed by atoms with E-state index in [1.807, 2.05) is 74.5 Å². The Morgan fingerprint density at radius 3 is 2.26 bits per heavy atom. The minimum atomic E-state index is -0.880. The van der Waals surface area contributed by atoms with Crippen LogP contribution in [-0.2, 0) is 14.4 Å². The van der Waals surface area contributed by atoms with Gasteiger partial charge in [0.2, 0.25) is 5.91 Å². The van der Waals surface area contributed by atoms with Crippen molar-refractivity contribution >= 4 is 34.8 Å². The molecule has 5 rings (SSSR count). The average molecular weight is 433 g/mol. The van der Waals surface area contributed by atoms with Gasteiger partial charge in [-0.15, -0.1) is 0 Å². The van der Waals surface area contributed by atoms with Crippen molar-refractivity contribution < 1.29 is 14.4 Å². The van der Waals surface area contributed by atoms with E-state index >= 15 is 0 Å². The summed E-state index contributed by atoms with van der Waals surface area (Å²) in [5, 5.41) is 2.30. The third-order valence-electron chi connectivity index (χ3n) is 5.93. The highest BCUT2D eigenvalue weighted by Crippen LogP contribution is 2.48. The number of hydrogen-bond donors (Lipinski definition) is 0. The van der Waals surface area contributed by atoms with Crippen molar-refractivity contribution in [2.75, 3.05) is 9.96 Å². The molecule has 2 heterocycles. The lowest BCUT2D eigenvalue weighted by atomic mass is 9.90. The number of hydroxylamine groups is 1. The Hall–Kier alpha value is -3.15. The molecule has 156 valence electrons. The van der Waals surface area contributed by atoms with Crippen LogP contribution in [0.5, 0.6) is 0 Å². The Morgan fingerprint density at radius 1 is 0.871 bits per heavy atom. The average Bonchev–Trinajstić information content (AvgIpc) is 3.26. The van der Waals surface area contributed by atoms with Gasteiger partial charge in [0.25, 0.3) is 5.91 Å².